The average Bonchev–Trinajstić information content (AvgIpc) is 2.63. The first-order valence-corrected chi connectivity index (χ1v) is 9.66. The van der Waals surface area contributed by atoms with Gasteiger partial charge in [0.05, 0.1) is 5.02 Å². The van der Waals surface area contributed by atoms with Gasteiger partial charge in [0.15, 0.2) is 0 Å². The maximum absolute atomic E-state index is 12.1. The van der Waals surface area contributed by atoms with Gasteiger partial charge in [-0.1, -0.05) is 17.7 Å². The van der Waals surface area contributed by atoms with Crippen molar-refractivity contribution in [2.24, 2.45) is 0 Å². The number of carbonyl (C=O) groups excluding carboxylic acids is 1. The molecule has 7 heteroatoms. The molecular formula is C18H20ClN3O2S. The van der Waals surface area contributed by atoms with Crippen LogP contribution < -0.4 is 15.4 Å². The van der Waals surface area contributed by atoms with Crippen molar-refractivity contribution < 1.29 is 9.53 Å². The van der Waals surface area contributed by atoms with Gasteiger partial charge in [-0.15, -0.1) is 0 Å². The third kappa shape index (κ3) is 5.63. The van der Waals surface area contributed by atoms with Crippen LogP contribution in [-0.4, -0.2) is 35.0 Å². The normalized spacial score (nSPS) is 17.1. The largest absolute Gasteiger partial charge is 0.487 e. The van der Waals surface area contributed by atoms with Crippen molar-refractivity contribution in [2.75, 3.05) is 23.4 Å². The molecule has 1 aliphatic heterocycles. The number of halogens is 1. The number of benzene rings is 1. The van der Waals surface area contributed by atoms with Crippen LogP contribution in [0.1, 0.15) is 12.0 Å². The Hall–Kier alpha value is -1.76. The average molecular weight is 378 g/mol. The predicted molar refractivity (Wildman–Crippen MR) is 102 cm³/mol. The van der Waals surface area contributed by atoms with Gasteiger partial charge in [0.1, 0.15) is 12.4 Å². The second kappa shape index (κ2) is 9.08. The number of nitrogens with one attached hydrogen (secondary N) is 2. The summed E-state index contributed by atoms with van der Waals surface area (Å²) in [5.41, 5.74) is 1.64. The van der Waals surface area contributed by atoms with Crippen LogP contribution in [0.15, 0.2) is 42.7 Å². The zero-order chi connectivity index (χ0) is 17.5. The van der Waals surface area contributed by atoms with E-state index in [2.05, 4.69) is 15.6 Å². The summed E-state index contributed by atoms with van der Waals surface area (Å²) in [5, 5.41) is 6.71. The van der Waals surface area contributed by atoms with Gasteiger partial charge in [0, 0.05) is 54.2 Å². The van der Waals surface area contributed by atoms with E-state index in [9.17, 15) is 4.79 Å². The van der Waals surface area contributed by atoms with E-state index in [0.717, 1.165) is 23.6 Å². The molecule has 1 aliphatic rings. The zero-order valence-corrected chi connectivity index (χ0v) is 15.3. The topological polar surface area (TPSA) is 63.2 Å². The van der Waals surface area contributed by atoms with Crippen LogP contribution in [0.25, 0.3) is 0 Å². The van der Waals surface area contributed by atoms with E-state index in [0.29, 0.717) is 29.5 Å². The maximum atomic E-state index is 12.1. The van der Waals surface area contributed by atoms with Crippen LogP contribution in [0.4, 0.5) is 5.69 Å². The number of ether oxygens (including phenoxy) is 1. The molecule has 1 saturated heterocycles. The molecule has 0 radical (unpaired) electrons. The molecule has 1 aromatic carbocycles. The number of hydrogen-bond acceptors (Lipinski definition) is 5. The summed E-state index contributed by atoms with van der Waals surface area (Å²) < 4.78 is 5.71. The van der Waals surface area contributed by atoms with E-state index in [1.165, 1.54) is 0 Å². The zero-order valence-electron chi connectivity index (χ0n) is 13.7. The molecule has 2 heterocycles. The van der Waals surface area contributed by atoms with Crippen LogP contribution in [0, 0.1) is 0 Å². The summed E-state index contributed by atoms with van der Waals surface area (Å²) in [6.45, 7) is 1.35. The van der Waals surface area contributed by atoms with Crippen molar-refractivity contribution in [2.45, 2.75) is 19.1 Å². The predicted octanol–water partition coefficient (Wildman–Crippen LogP) is 3.35. The minimum absolute atomic E-state index is 0.0138. The van der Waals surface area contributed by atoms with E-state index < -0.39 is 0 Å². The maximum Gasteiger partial charge on any atom is 0.225 e. The Bertz CT molecular complexity index is 709. The van der Waals surface area contributed by atoms with Gasteiger partial charge < -0.3 is 15.4 Å². The minimum atomic E-state index is -0.0138. The van der Waals surface area contributed by atoms with Gasteiger partial charge in [0.25, 0.3) is 0 Å². The monoisotopic (exact) mass is 377 g/mol. The fourth-order valence-electron chi connectivity index (χ4n) is 2.53. The van der Waals surface area contributed by atoms with Crippen molar-refractivity contribution in [3.8, 4) is 5.75 Å². The molecule has 1 amide bonds. The summed E-state index contributed by atoms with van der Waals surface area (Å²) in [7, 11) is 0. The molecule has 0 spiro atoms. The first-order chi connectivity index (χ1) is 12.2. The van der Waals surface area contributed by atoms with Crippen LogP contribution >= 0.6 is 23.4 Å². The van der Waals surface area contributed by atoms with Crippen molar-refractivity contribution >= 4 is 35.0 Å². The van der Waals surface area contributed by atoms with E-state index >= 15 is 0 Å². The molecule has 0 aliphatic carbocycles. The first kappa shape index (κ1) is 18.0. The molecule has 2 N–H and O–H groups in total. The Morgan fingerprint density at radius 2 is 2.36 bits per heavy atom. The Morgan fingerprint density at radius 1 is 1.44 bits per heavy atom. The Kier molecular flexibility index (Phi) is 6.55. The lowest BCUT2D eigenvalue weighted by Crippen LogP contribution is -2.39. The highest BCUT2D eigenvalue weighted by Gasteiger charge is 2.17. The third-order valence-corrected chi connectivity index (χ3v) is 5.19. The van der Waals surface area contributed by atoms with Crippen molar-refractivity contribution in [3.63, 3.8) is 0 Å². The number of nitrogens with zero attached hydrogens (tertiary/aromatic N) is 1. The van der Waals surface area contributed by atoms with Crippen LogP contribution in [0.3, 0.4) is 0 Å². The van der Waals surface area contributed by atoms with Crippen molar-refractivity contribution in [3.05, 3.63) is 53.3 Å². The van der Waals surface area contributed by atoms with Gasteiger partial charge in [-0.2, -0.15) is 11.8 Å². The number of amides is 1. The molecule has 2 aromatic rings. The van der Waals surface area contributed by atoms with Gasteiger partial charge in [-0.25, -0.2) is 0 Å². The lowest BCUT2D eigenvalue weighted by molar-refractivity contribution is -0.116. The Labute approximate surface area is 156 Å². The fourth-order valence-corrected chi connectivity index (χ4v) is 3.71. The van der Waals surface area contributed by atoms with Crippen LogP contribution in [-0.2, 0) is 11.4 Å². The quantitative estimate of drug-likeness (QED) is 0.808. The molecule has 0 saturated carbocycles. The van der Waals surface area contributed by atoms with Crippen molar-refractivity contribution in [1.29, 1.82) is 0 Å². The molecule has 132 valence electrons. The highest BCUT2D eigenvalue weighted by molar-refractivity contribution is 7.99. The number of thioether (sulfide) groups is 1. The lowest BCUT2D eigenvalue weighted by Gasteiger charge is -2.22. The molecular weight excluding hydrogens is 358 g/mol. The number of aromatic nitrogens is 1. The first-order valence-electron chi connectivity index (χ1n) is 8.13. The number of hydrogen-bond donors (Lipinski definition) is 2. The molecule has 1 aromatic heterocycles. The molecule has 5 nitrogen and oxygen atoms in total. The summed E-state index contributed by atoms with van der Waals surface area (Å²) in [6, 6.07) is 9.30. The number of carbonyl (C=O) groups is 1. The Balaban J connectivity index is 1.53. The highest BCUT2D eigenvalue weighted by Crippen LogP contribution is 2.28. The molecule has 3 rings (SSSR count). The third-order valence-electron chi connectivity index (χ3n) is 3.76. The van der Waals surface area contributed by atoms with Crippen molar-refractivity contribution in [1.82, 2.24) is 10.3 Å². The van der Waals surface area contributed by atoms with Gasteiger partial charge >= 0.3 is 0 Å². The molecule has 1 atom stereocenters. The minimum Gasteiger partial charge on any atom is -0.487 e. The molecule has 1 unspecified atom stereocenters. The van der Waals surface area contributed by atoms with Crippen LogP contribution in [0.5, 0.6) is 5.75 Å². The number of rotatable bonds is 6. The lowest BCUT2D eigenvalue weighted by atomic mass is 10.2. The second-order valence-corrected chi connectivity index (χ2v) is 7.33. The standard InChI is InChI=1S/C18H20ClN3O2S/c19-16-8-14(22-18(23)9-15-12-25-7-6-21-15)3-4-17(16)24-11-13-2-1-5-20-10-13/h1-5,8,10,15,21H,6-7,9,11-12H2,(H,22,23). The fraction of sp³-hybridized carbons (Fsp3) is 0.333. The van der Waals surface area contributed by atoms with E-state index in [1.807, 2.05) is 23.9 Å². The van der Waals surface area contributed by atoms with Crippen LogP contribution in [0.2, 0.25) is 5.02 Å². The Morgan fingerprint density at radius 3 is 3.08 bits per heavy atom. The van der Waals surface area contributed by atoms with Gasteiger partial charge in [0.2, 0.25) is 5.91 Å². The smallest absolute Gasteiger partial charge is 0.225 e. The van der Waals surface area contributed by atoms with E-state index in [-0.39, 0.29) is 11.9 Å². The second-order valence-electron chi connectivity index (χ2n) is 5.77. The van der Waals surface area contributed by atoms with E-state index in [4.69, 9.17) is 16.3 Å². The summed E-state index contributed by atoms with van der Waals surface area (Å²) in [5.74, 6) is 2.64. The number of pyridine rings is 1. The molecule has 0 bridgehead atoms. The van der Waals surface area contributed by atoms with Gasteiger partial charge in [-0.05, 0) is 24.3 Å². The van der Waals surface area contributed by atoms with E-state index in [1.54, 1.807) is 30.6 Å². The summed E-state index contributed by atoms with van der Waals surface area (Å²) >= 11 is 8.14. The SMILES string of the molecule is O=C(CC1CSCCN1)Nc1ccc(OCc2cccnc2)c(Cl)c1. The highest BCUT2D eigenvalue weighted by atomic mass is 35.5. The summed E-state index contributed by atoms with van der Waals surface area (Å²) in [4.78, 5) is 16.2. The molecule has 25 heavy (non-hydrogen) atoms. The summed E-state index contributed by atoms with van der Waals surface area (Å²) in [6.07, 6.45) is 3.93. The molecule has 1 fully saturated rings. The van der Waals surface area contributed by atoms with Gasteiger partial charge in [-0.3, -0.25) is 9.78 Å². The number of anilines is 1.